The van der Waals surface area contributed by atoms with Crippen LogP contribution in [0.2, 0.25) is 0 Å². The third-order valence-electron chi connectivity index (χ3n) is 2.78. The lowest BCUT2D eigenvalue weighted by molar-refractivity contribution is 0.0698. The maximum atomic E-state index is 11.1. The molecular weight excluding hydrogens is 234 g/mol. The Hall–Kier alpha value is -2.43. The van der Waals surface area contributed by atoms with Crippen LogP contribution < -0.4 is 15.2 Å². The number of rotatable bonds is 3. The number of methoxy groups -OCH3 is 2. The minimum absolute atomic E-state index is 0.0500. The van der Waals surface area contributed by atoms with Gasteiger partial charge in [0.1, 0.15) is 11.5 Å². The Balaban J connectivity index is 2.85. The Kier molecular flexibility index (Phi) is 2.97. The van der Waals surface area contributed by atoms with E-state index in [0.717, 1.165) is 5.39 Å². The summed E-state index contributed by atoms with van der Waals surface area (Å²) in [5.41, 5.74) is 5.97. The van der Waals surface area contributed by atoms with Crippen molar-refractivity contribution < 1.29 is 19.4 Å². The molecule has 94 valence electrons. The third-order valence-corrected chi connectivity index (χ3v) is 2.78. The molecule has 0 amide bonds. The number of anilines is 1. The minimum Gasteiger partial charge on any atom is -0.496 e. The maximum absolute atomic E-state index is 11.1. The van der Waals surface area contributed by atoms with E-state index < -0.39 is 5.97 Å². The molecule has 0 unspecified atom stereocenters. The number of carboxylic acid groups (broad SMARTS) is 1. The molecule has 0 aromatic heterocycles. The number of ether oxygens (including phenoxy) is 2. The van der Waals surface area contributed by atoms with Crippen LogP contribution in [-0.4, -0.2) is 25.3 Å². The van der Waals surface area contributed by atoms with Crippen LogP contribution in [0.1, 0.15) is 10.4 Å². The van der Waals surface area contributed by atoms with Crippen molar-refractivity contribution >= 4 is 22.4 Å². The van der Waals surface area contributed by atoms with Crippen LogP contribution in [0.25, 0.3) is 10.8 Å². The summed E-state index contributed by atoms with van der Waals surface area (Å²) in [7, 11) is 3.07. The Bertz CT molecular complexity index is 622. The summed E-state index contributed by atoms with van der Waals surface area (Å²) >= 11 is 0. The average molecular weight is 247 g/mol. The molecule has 2 aromatic carbocycles. The van der Waals surface area contributed by atoms with Gasteiger partial charge in [0, 0.05) is 16.5 Å². The standard InChI is InChI=1S/C13H13NO4/c1-17-11-3-4-12(18-2)8-6-10(14)9(13(15)16)5-7(8)11/h3-6H,14H2,1-2H3,(H,15,16). The second-order valence-electron chi connectivity index (χ2n) is 3.76. The molecule has 0 atom stereocenters. The molecule has 2 rings (SSSR count). The topological polar surface area (TPSA) is 81.8 Å². The Labute approximate surface area is 104 Å². The molecule has 0 aliphatic heterocycles. The number of aromatic carboxylic acids is 1. The number of hydrogen-bond acceptors (Lipinski definition) is 4. The largest absolute Gasteiger partial charge is 0.496 e. The van der Waals surface area contributed by atoms with Gasteiger partial charge in [-0.15, -0.1) is 0 Å². The second-order valence-corrected chi connectivity index (χ2v) is 3.76. The van der Waals surface area contributed by atoms with Crippen molar-refractivity contribution in [2.45, 2.75) is 0 Å². The van der Waals surface area contributed by atoms with Gasteiger partial charge in [-0.3, -0.25) is 0 Å². The molecule has 0 bridgehead atoms. The highest BCUT2D eigenvalue weighted by atomic mass is 16.5. The first-order chi connectivity index (χ1) is 8.58. The molecular formula is C13H13NO4. The number of carboxylic acids is 1. The summed E-state index contributed by atoms with van der Waals surface area (Å²) in [5.74, 6) is 0.127. The van der Waals surface area contributed by atoms with Crippen LogP contribution in [0.5, 0.6) is 11.5 Å². The van der Waals surface area contributed by atoms with Crippen molar-refractivity contribution in [1.29, 1.82) is 0 Å². The van der Waals surface area contributed by atoms with Gasteiger partial charge in [-0.25, -0.2) is 4.79 Å². The van der Waals surface area contributed by atoms with Crippen LogP contribution in [0.15, 0.2) is 24.3 Å². The summed E-state index contributed by atoms with van der Waals surface area (Å²) in [6, 6.07) is 6.55. The van der Waals surface area contributed by atoms with Gasteiger partial charge in [0.15, 0.2) is 0 Å². The quantitative estimate of drug-likeness (QED) is 0.812. The zero-order valence-corrected chi connectivity index (χ0v) is 10.1. The summed E-state index contributed by atoms with van der Waals surface area (Å²) in [5, 5.41) is 10.4. The number of nitrogens with two attached hydrogens (primary N) is 1. The highest BCUT2D eigenvalue weighted by molar-refractivity contribution is 6.04. The van der Waals surface area contributed by atoms with Crippen LogP contribution >= 0.6 is 0 Å². The van der Waals surface area contributed by atoms with Crippen molar-refractivity contribution in [3.05, 3.63) is 29.8 Å². The first kappa shape index (κ1) is 12.0. The van der Waals surface area contributed by atoms with Crippen LogP contribution in [0.4, 0.5) is 5.69 Å². The third kappa shape index (κ3) is 1.79. The Morgan fingerprint density at radius 1 is 1.11 bits per heavy atom. The van der Waals surface area contributed by atoms with Crippen molar-refractivity contribution in [2.75, 3.05) is 20.0 Å². The fourth-order valence-electron chi connectivity index (χ4n) is 1.90. The molecule has 0 aliphatic rings. The molecule has 5 nitrogen and oxygen atoms in total. The van der Waals surface area contributed by atoms with Gasteiger partial charge < -0.3 is 20.3 Å². The molecule has 0 aliphatic carbocycles. The zero-order chi connectivity index (χ0) is 13.3. The smallest absolute Gasteiger partial charge is 0.337 e. The number of hydrogen-bond donors (Lipinski definition) is 2. The highest BCUT2D eigenvalue weighted by Crippen LogP contribution is 2.35. The molecule has 0 radical (unpaired) electrons. The molecule has 5 heteroatoms. The SMILES string of the molecule is COc1ccc(OC)c2cc(C(=O)O)c(N)cc12. The first-order valence-corrected chi connectivity index (χ1v) is 5.26. The number of benzene rings is 2. The van der Waals surface area contributed by atoms with Gasteiger partial charge in [-0.2, -0.15) is 0 Å². The van der Waals surface area contributed by atoms with Crippen molar-refractivity contribution in [3.63, 3.8) is 0 Å². The van der Waals surface area contributed by atoms with Gasteiger partial charge in [-0.05, 0) is 24.3 Å². The molecule has 3 N–H and O–H groups in total. The first-order valence-electron chi connectivity index (χ1n) is 5.26. The van der Waals surface area contributed by atoms with E-state index in [9.17, 15) is 4.79 Å². The fraction of sp³-hybridized carbons (Fsp3) is 0.154. The molecule has 0 saturated carbocycles. The Morgan fingerprint density at radius 2 is 1.61 bits per heavy atom. The lowest BCUT2D eigenvalue weighted by atomic mass is 10.0. The molecule has 0 fully saturated rings. The minimum atomic E-state index is -1.07. The average Bonchev–Trinajstić information content (AvgIpc) is 2.36. The molecule has 0 saturated heterocycles. The van der Waals surface area contributed by atoms with E-state index in [0.29, 0.717) is 16.9 Å². The molecule has 18 heavy (non-hydrogen) atoms. The van der Waals surface area contributed by atoms with E-state index in [1.54, 1.807) is 25.3 Å². The van der Waals surface area contributed by atoms with Gasteiger partial charge in [0.05, 0.1) is 19.8 Å². The predicted molar refractivity (Wildman–Crippen MR) is 68.4 cm³/mol. The van der Waals surface area contributed by atoms with E-state index in [1.165, 1.54) is 13.2 Å². The van der Waals surface area contributed by atoms with E-state index in [2.05, 4.69) is 0 Å². The fourth-order valence-corrected chi connectivity index (χ4v) is 1.90. The lowest BCUT2D eigenvalue weighted by Gasteiger charge is -2.11. The van der Waals surface area contributed by atoms with E-state index in [1.807, 2.05) is 0 Å². The van der Waals surface area contributed by atoms with Crippen LogP contribution in [0.3, 0.4) is 0 Å². The van der Waals surface area contributed by atoms with Gasteiger partial charge in [0.2, 0.25) is 0 Å². The predicted octanol–water partition coefficient (Wildman–Crippen LogP) is 2.14. The van der Waals surface area contributed by atoms with Gasteiger partial charge >= 0.3 is 5.97 Å². The number of nitrogen functional groups attached to an aromatic ring is 1. The molecule has 2 aromatic rings. The van der Waals surface area contributed by atoms with E-state index in [4.69, 9.17) is 20.3 Å². The zero-order valence-electron chi connectivity index (χ0n) is 10.1. The van der Waals surface area contributed by atoms with E-state index in [-0.39, 0.29) is 11.3 Å². The summed E-state index contributed by atoms with van der Waals surface area (Å²) in [6.07, 6.45) is 0. The Morgan fingerprint density at radius 3 is 2.06 bits per heavy atom. The van der Waals surface area contributed by atoms with Gasteiger partial charge in [-0.1, -0.05) is 0 Å². The number of fused-ring (bicyclic) bond motifs is 1. The van der Waals surface area contributed by atoms with Crippen molar-refractivity contribution in [1.82, 2.24) is 0 Å². The van der Waals surface area contributed by atoms with Crippen molar-refractivity contribution in [2.24, 2.45) is 0 Å². The lowest BCUT2D eigenvalue weighted by Crippen LogP contribution is -2.03. The molecule has 0 spiro atoms. The van der Waals surface area contributed by atoms with Crippen LogP contribution in [-0.2, 0) is 0 Å². The number of carbonyl (C=O) groups is 1. The molecule has 0 heterocycles. The van der Waals surface area contributed by atoms with E-state index >= 15 is 0 Å². The monoisotopic (exact) mass is 247 g/mol. The second kappa shape index (κ2) is 4.44. The highest BCUT2D eigenvalue weighted by Gasteiger charge is 2.14. The summed E-state index contributed by atoms with van der Waals surface area (Å²) < 4.78 is 10.4. The van der Waals surface area contributed by atoms with Gasteiger partial charge in [0.25, 0.3) is 0 Å². The van der Waals surface area contributed by atoms with Crippen LogP contribution in [0, 0.1) is 0 Å². The summed E-state index contributed by atoms with van der Waals surface area (Å²) in [4.78, 5) is 11.1. The summed E-state index contributed by atoms with van der Waals surface area (Å²) in [6.45, 7) is 0. The normalized spacial score (nSPS) is 10.3. The van der Waals surface area contributed by atoms with Crippen molar-refractivity contribution in [3.8, 4) is 11.5 Å². The maximum Gasteiger partial charge on any atom is 0.337 e.